The van der Waals surface area contributed by atoms with Gasteiger partial charge < -0.3 is 4.90 Å². The summed E-state index contributed by atoms with van der Waals surface area (Å²) in [6.07, 6.45) is 3.30. The molecule has 3 rings (SSSR count). The summed E-state index contributed by atoms with van der Waals surface area (Å²) in [6.45, 7) is 0.860. The minimum Gasteiger partial charge on any atom is -0.331 e. The number of fused-ring (bicyclic) bond motifs is 3. The average molecular weight is 244 g/mol. The first kappa shape index (κ1) is 10.6. The van der Waals surface area contributed by atoms with Crippen LogP contribution < -0.4 is 0 Å². The summed E-state index contributed by atoms with van der Waals surface area (Å²) in [7, 11) is 0. The van der Waals surface area contributed by atoms with Crippen molar-refractivity contribution in [3.8, 4) is 0 Å². The summed E-state index contributed by atoms with van der Waals surface area (Å²) >= 11 is 4.67. The number of carbonyl (C=O) groups is 1. The second-order valence-corrected chi connectivity index (χ2v) is 4.63. The molecule has 0 radical (unpaired) electrons. The van der Waals surface area contributed by atoms with Crippen LogP contribution >= 0.6 is 12.2 Å². The quantitative estimate of drug-likeness (QED) is 0.561. The lowest BCUT2D eigenvalue weighted by molar-refractivity contribution is 0.0672. The van der Waals surface area contributed by atoms with E-state index in [1.807, 2.05) is 23.1 Å². The second kappa shape index (κ2) is 4.06. The van der Waals surface area contributed by atoms with Crippen LogP contribution in [0.15, 0.2) is 23.2 Å². The van der Waals surface area contributed by atoms with Crippen molar-refractivity contribution < 1.29 is 4.79 Å². The Hall–Kier alpha value is -1.51. The van der Waals surface area contributed by atoms with Gasteiger partial charge >= 0.3 is 0 Å². The van der Waals surface area contributed by atoms with Crippen LogP contribution in [0.3, 0.4) is 0 Å². The first-order valence-electron chi connectivity index (χ1n) is 5.84. The van der Waals surface area contributed by atoms with E-state index in [2.05, 4.69) is 22.4 Å². The number of aliphatic imine (C=N–C) groups is 1. The Bertz CT molecular complexity index is 534. The van der Waals surface area contributed by atoms with Crippen LogP contribution in [0, 0.1) is 0 Å². The van der Waals surface area contributed by atoms with Gasteiger partial charge in [-0.1, -0.05) is 6.07 Å². The minimum atomic E-state index is 0.145. The highest BCUT2D eigenvalue weighted by Gasteiger charge is 2.39. The average Bonchev–Trinajstić information content (AvgIpc) is 2.66. The molecule has 1 fully saturated rings. The number of isothiocyanates is 1. The molecule has 3 nitrogen and oxygen atoms in total. The molecule has 2 heterocycles. The molecule has 17 heavy (non-hydrogen) atoms. The highest BCUT2D eigenvalue weighted by atomic mass is 32.1. The van der Waals surface area contributed by atoms with Crippen molar-refractivity contribution in [2.45, 2.75) is 25.3 Å². The number of benzene rings is 1. The first-order valence-corrected chi connectivity index (χ1v) is 6.25. The fraction of sp³-hybridized carbons (Fsp3) is 0.385. The molecule has 1 atom stereocenters. The molecule has 2 aliphatic rings. The zero-order valence-corrected chi connectivity index (χ0v) is 10.2. The van der Waals surface area contributed by atoms with Crippen molar-refractivity contribution in [2.24, 2.45) is 4.99 Å². The smallest absolute Gasteiger partial charge is 0.254 e. The lowest BCUT2D eigenvalue weighted by Gasteiger charge is -2.30. The van der Waals surface area contributed by atoms with Crippen molar-refractivity contribution >= 4 is 29.0 Å². The summed E-state index contributed by atoms with van der Waals surface area (Å²) in [5.74, 6) is 0.145. The Kier molecular flexibility index (Phi) is 2.54. The van der Waals surface area contributed by atoms with Gasteiger partial charge in [0.2, 0.25) is 0 Å². The van der Waals surface area contributed by atoms with E-state index in [0.29, 0.717) is 0 Å². The lowest BCUT2D eigenvalue weighted by atomic mass is 9.96. The van der Waals surface area contributed by atoms with Gasteiger partial charge in [-0.2, -0.15) is 4.99 Å². The molecule has 2 aliphatic heterocycles. The monoisotopic (exact) mass is 244 g/mol. The summed E-state index contributed by atoms with van der Waals surface area (Å²) in [4.78, 5) is 18.3. The van der Waals surface area contributed by atoms with E-state index >= 15 is 0 Å². The maximum atomic E-state index is 12.2. The van der Waals surface area contributed by atoms with Gasteiger partial charge in [-0.15, -0.1) is 0 Å². The number of carbonyl (C=O) groups excluding carboxylic acids is 1. The lowest BCUT2D eigenvalue weighted by Crippen LogP contribution is -2.32. The van der Waals surface area contributed by atoms with Crippen LogP contribution in [0.1, 0.15) is 41.2 Å². The maximum Gasteiger partial charge on any atom is 0.254 e. The van der Waals surface area contributed by atoms with Crippen LogP contribution in [0.25, 0.3) is 0 Å². The van der Waals surface area contributed by atoms with E-state index in [9.17, 15) is 4.79 Å². The Morgan fingerprint density at radius 1 is 1.41 bits per heavy atom. The number of rotatable bonds is 1. The molecule has 4 heteroatoms. The molecule has 0 N–H and O–H groups in total. The summed E-state index contributed by atoms with van der Waals surface area (Å²) in [6, 6.07) is 5.86. The molecule has 1 unspecified atom stereocenters. The molecule has 1 aromatic carbocycles. The molecular weight excluding hydrogens is 232 g/mol. The van der Waals surface area contributed by atoms with Gasteiger partial charge in [-0.05, 0) is 43.6 Å². The largest absolute Gasteiger partial charge is 0.331 e. The van der Waals surface area contributed by atoms with E-state index in [1.54, 1.807) is 0 Å². The van der Waals surface area contributed by atoms with Crippen LogP contribution in [-0.2, 0) is 0 Å². The van der Waals surface area contributed by atoms with Gasteiger partial charge in [0.05, 0.1) is 16.9 Å². The van der Waals surface area contributed by atoms with Gasteiger partial charge in [-0.3, -0.25) is 4.79 Å². The summed E-state index contributed by atoms with van der Waals surface area (Å²) < 4.78 is 0. The predicted molar refractivity (Wildman–Crippen MR) is 68.8 cm³/mol. The normalized spacial score (nSPS) is 21.8. The second-order valence-electron chi connectivity index (χ2n) is 4.45. The Morgan fingerprint density at radius 3 is 3.12 bits per heavy atom. The third-order valence-corrected chi connectivity index (χ3v) is 3.67. The van der Waals surface area contributed by atoms with Crippen LogP contribution in [0.4, 0.5) is 5.69 Å². The number of piperidine rings is 1. The van der Waals surface area contributed by atoms with Gasteiger partial charge in [-0.25, -0.2) is 0 Å². The van der Waals surface area contributed by atoms with E-state index in [1.165, 1.54) is 6.42 Å². The van der Waals surface area contributed by atoms with Crippen LogP contribution in [-0.4, -0.2) is 22.5 Å². The molecular formula is C13H12N2OS. The van der Waals surface area contributed by atoms with Gasteiger partial charge in [0.1, 0.15) is 0 Å². The molecule has 1 aromatic rings. The van der Waals surface area contributed by atoms with Crippen LogP contribution in [0.2, 0.25) is 0 Å². The van der Waals surface area contributed by atoms with Crippen LogP contribution in [0.5, 0.6) is 0 Å². The van der Waals surface area contributed by atoms with E-state index in [0.717, 1.165) is 36.2 Å². The topological polar surface area (TPSA) is 32.7 Å². The number of nitrogens with zero attached hydrogens (tertiary/aromatic N) is 2. The SMILES string of the molecule is O=C1c2cccc(N=C=S)c2C2CCCCN12. The predicted octanol–water partition coefficient (Wildman–Crippen LogP) is 3.10. The fourth-order valence-corrected chi connectivity index (χ4v) is 2.96. The third kappa shape index (κ3) is 1.53. The van der Waals surface area contributed by atoms with Crippen molar-refractivity contribution in [3.05, 3.63) is 29.3 Å². The molecule has 86 valence electrons. The fourth-order valence-electron chi connectivity index (χ4n) is 2.87. The first-order chi connectivity index (χ1) is 8.33. The highest BCUT2D eigenvalue weighted by molar-refractivity contribution is 7.78. The Labute approximate surface area is 105 Å². The molecule has 0 aromatic heterocycles. The van der Waals surface area contributed by atoms with Crippen molar-refractivity contribution in [1.29, 1.82) is 0 Å². The van der Waals surface area contributed by atoms with Gasteiger partial charge in [0, 0.05) is 17.7 Å². The summed E-state index contributed by atoms with van der Waals surface area (Å²) in [5.41, 5.74) is 2.65. The Balaban J connectivity index is 2.18. The number of amides is 1. The molecule has 0 saturated carbocycles. The number of thiocarbonyl (C=S) groups is 1. The van der Waals surface area contributed by atoms with Gasteiger partial charge in [0.15, 0.2) is 0 Å². The third-order valence-electron chi connectivity index (χ3n) is 3.58. The molecule has 0 bridgehead atoms. The summed E-state index contributed by atoms with van der Waals surface area (Å²) in [5, 5.41) is 2.40. The number of hydrogen-bond acceptors (Lipinski definition) is 3. The molecule has 1 saturated heterocycles. The van der Waals surface area contributed by atoms with E-state index in [-0.39, 0.29) is 11.9 Å². The molecule has 0 aliphatic carbocycles. The van der Waals surface area contributed by atoms with E-state index < -0.39 is 0 Å². The molecule has 1 amide bonds. The highest BCUT2D eigenvalue weighted by Crippen LogP contribution is 2.44. The zero-order chi connectivity index (χ0) is 11.8. The maximum absolute atomic E-state index is 12.2. The van der Waals surface area contributed by atoms with E-state index in [4.69, 9.17) is 0 Å². The van der Waals surface area contributed by atoms with Crippen molar-refractivity contribution in [2.75, 3.05) is 6.54 Å². The van der Waals surface area contributed by atoms with Crippen molar-refractivity contribution in [1.82, 2.24) is 4.90 Å². The molecule has 0 spiro atoms. The Morgan fingerprint density at radius 2 is 2.29 bits per heavy atom. The zero-order valence-electron chi connectivity index (χ0n) is 9.35. The number of hydrogen-bond donors (Lipinski definition) is 0. The minimum absolute atomic E-state index is 0.145. The van der Waals surface area contributed by atoms with Crippen molar-refractivity contribution in [3.63, 3.8) is 0 Å². The van der Waals surface area contributed by atoms with Gasteiger partial charge in [0.25, 0.3) is 5.91 Å². The standard InChI is InChI=1S/C13H12N2OS/c16-13-9-4-3-5-10(14-8-17)12(9)11-6-1-2-7-15(11)13/h3-5,11H,1-2,6-7H2.